The molecule has 96 valence electrons. The molecule has 0 aliphatic heterocycles. The van der Waals surface area contributed by atoms with Crippen LogP contribution in [0.2, 0.25) is 0 Å². The lowest BCUT2D eigenvalue weighted by atomic mass is 9.86. The van der Waals surface area contributed by atoms with Crippen LogP contribution in [-0.4, -0.2) is 13.7 Å². The summed E-state index contributed by atoms with van der Waals surface area (Å²) >= 11 is 0. The zero-order valence-corrected chi connectivity index (χ0v) is 11.7. The Labute approximate surface area is 106 Å². The van der Waals surface area contributed by atoms with Gasteiger partial charge in [0.05, 0.1) is 12.3 Å². The van der Waals surface area contributed by atoms with Crippen LogP contribution in [0.5, 0.6) is 0 Å². The fourth-order valence-electron chi connectivity index (χ4n) is 2.06. The van der Waals surface area contributed by atoms with Gasteiger partial charge >= 0.3 is 0 Å². The molecule has 1 unspecified atom stereocenters. The summed E-state index contributed by atoms with van der Waals surface area (Å²) in [4.78, 5) is 5.77. The molecule has 0 saturated heterocycles. The average Bonchev–Trinajstić information content (AvgIpc) is 2.25. The van der Waals surface area contributed by atoms with Crippen LogP contribution in [0.4, 0.5) is 5.69 Å². The molecule has 0 fully saturated rings. The van der Waals surface area contributed by atoms with Crippen LogP contribution in [0, 0.1) is 11.3 Å². The van der Waals surface area contributed by atoms with Gasteiger partial charge in [0.1, 0.15) is 0 Å². The maximum atomic E-state index is 5.77. The normalized spacial score (nSPS) is 13.5. The monoisotopic (exact) mass is 235 g/mol. The second-order valence-electron chi connectivity index (χ2n) is 6.00. The van der Waals surface area contributed by atoms with Crippen LogP contribution in [0.1, 0.15) is 34.1 Å². The van der Waals surface area contributed by atoms with Gasteiger partial charge in [-0.25, -0.2) is 0 Å². The molecular formula is C15H25NO. The Hall–Kier alpha value is -1.02. The Bertz CT molecular complexity index is 315. The highest BCUT2D eigenvalue weighted by molar-refractivity contribution is 5.42. The Morgan fingerprint density at radius 3 is 2.29 bits per heavy atom. The molecule has 0 bridgehead atoms. The van der Waals surface area contributed by atoms with Crippen molar-refractivity contribution in [2.45, 2.75) is 34.1 Å². The van der Waals surface area contributed by atoms with Gasteiger partial charge in [0.25, 0.3) is 0 Å². The molecular weight excluding hydrogens is 210 g/mol. The lowest BCUT2D eigenvalue weighted by Crippen LogP contribution is -2.23. The van der Waals surface area contributed by atoms with E-state index in [9.17, 15) is 0 Å². The third kappa shape index (κ3) is 5.73. The molecule has 1 atom stereocenters. The minimum atomic E-state index is 0.369. The second kappa shape index (κ2) is 6.06. The largest absolute Gasteiger partial charge is 0.273 e. The van der Waals surface area contributed by atoms with Crippen molar-refractivity contribution in [2.75, 3.05) is 18.7 Å². The molecule has 0 spiro atoms. The zero-order valence-electron chi connectivity index (χ0n) is 11.7. The minimum absolute atomic E-state index is 0.369. The summed E-state index contributed by atoms with van der Waals surface area (Å²) in [5.41, 5.74) is 1.46. The van der Waals surface area contributed by atoms with Crippen molar-refractivity contribution in [2.24, 2.45) is 11.3 Å². The topological polar surface area (TPSA) is 12.5 Å². The minimum Gasteiger partial charge on any atom is -0.273 e. The molecule has 0 aliphatic rings. The number of hydrogen-bond donors (Lipinski definition) is 0. The van der Waals surface area contributed by atoms with Gasteiger partial charge in [-0.15, -0.1) is 0 Å². The van der Waals surface area contributed by atoms with Gasteiger partial charge < -0.3 is 0 Å². The fraction of sp³-hybridized carbons (Fsp3) is 0.600. The summed E-state index contributed by atoms with van der Waals surface area (Å²) in [6.07, 6.45) is 1.18. The molecule has 0 aliphatic carbocycles. The lowest BCUT2D eigenvalue weighted by Gasteiger charge is -2.25. The maximum absolute atomic E-state index is 5.77. The molecule has 2 nitrogen and oxygen atoms in total. The van der Waals surface area contributed by atoms with Gasteiger partial charge in [-0.1, -0.05) is 45.9 Å². The Morgan fingerprint density at radius 1 is 1.18 bits per heavy atom. The first-order valence-electron chi connectivity index (χ1n) is 6.30. The lowest BCUT2D eigenvalue weighted by molar-refractivity contribution is 0.0793. The summed E-state index contributed by atoms with van der Waals surface area (Å²) in [7, 11) is 1.96. The van der Waals surface area contributed by atoms with Crippen LogP contribution in [0.25, 0.3) is 0 Å². The molecule has 0 amide bonds. The van der Waals surface area contributed by atoms with E-state index < -0.39 is 0 Å². The number of hydrogen-bond acceptors (Lipinski definition) is 2. The number of anilines is 1. The number of benzene rings is 1. The van der Waals surface area contributed by atoms with Gasteiger partial charge in [-0.3, -0.25) is 9.90 Å². The van der Waals surface area contributed by atoms with Gasteiger partial charge in [-0.05, 0) is 29.9 Å². The number of para-hydroxylation sites is 1. The highest BCUT2D eigenvalue weighted by Gasteiger charge is 2.16. The van der Waals surface area contributed by atoms with Crippen LogP contribution >= 0.6 is 0 Å². The average molecular weight is 235 g/mol. The molecule has 1 rings (SSSR count). The summed E-state index contributed by atoms with van der Waals surface area (Å²) in [6, 6.07) is 10.2. The van der Waals surface area contributed by atoms with E-state index in [0.717, 1.165) is 12.3 Å². The van der Waals surface area contributed by atoms with E-state index in [4.69, 9.17) is 4.84 Å². The Kier molecular flexibility index (Phi) is 5.01. The molecule has 0 N–H and O–H groups in total. The van der Waals surface area contributed by atoms with Crippen LogP contribution in [0.3, 0.4) is 0 Å². The van der Waals surface area contributed by atoms with Crippen molar-refractivity contribution in [1.82, 2.24) is 0 Å². The molecule has 0 aromatic heterocycles. The van der Waals surface area contributed by atoms with Gasteiger partial charge in [-0.2, -0.15) is 0 Å². The predicted octanol–water partition coefficient (Wildman–Crippen LogP) is 4.13. The second-order valence-corrected chi connectivity index (χ2v) is 6.00. The number of hydroxylamine groups is 1. The van der Waals surface area contributed by atoms with E-state index in [-0.39, 0.29) is 0 Å². The summed E-state index contributed by atoms with van der Waals surface area (Å²) < 4.78 is 0. The molecule has 0 heterocycles. The molecule has 2 heteroatoms. The van der Waals surface area contributed by atoms with Crippen molar-refractivity contribution in [1.29, 1.82) is 0 Å². The fourth-order valence-corrected chi connectivity index (χ4v) is 2.06. The summed E-state index contributed by atoms with van der Waals surface area (Å²) in [6.45, 7) is 9.81. The molecule has 0 saturated carbocycles. The van der Waals surface area contributed by atoms with Crippen LogP contribution < -0.4 is 5.06 Å². The summed E-state index contributed by atoms with van der Waals surface area (Å²) in [5.74, 6) is 0.571. The third-order valence-corrected chi connectivity index (χ3v) is 2.63. The predicted molar refractivity (Wildman–Crippen MR) is 74.0 cm³/mol. The van der Waals surface area contributed by atoms with Crippen LogP contribution in [0.15, 0.2) is 30.3 Å². The molecule has 1 aromatic rings. The zero-order chi connectivity index (χ0) is 12.9. The van der Waals surface area contributed by atoms with E-state index in [1.165, 1.54) is 6.42 Å². The van der Waals surface area contributed by atoms with Gasteiger partial charge in [0.15, 0.2) is 0 Å². The van der Waals surface area contributed by atoms with E-state index >= 15 is 0 Å². The third-order valence-electron chi connectivity index (χ3n) is 2.63. The standard InChI is InChI=1S/C15H25NO/c1-13(11-15(2,3)4)12-17-16(5)14-9-7-6-8-10-14/h6-10,13H,11-12H2,1-5H3. The highest BCUT2D eigenvalue weighted by atomic mass is 16.7. The smallest absolute Gasteiger partial charge is 0.0774 e. The van der Waals surface area contributed by atoms with Crippen molar-refractivity contribution in [3.05, 3.63) is 30.3 Å². The first kappa shape index (κ1) is 14.0. The van der Waals surface area contributed by atoms with Crippen LogP contribution in [-0.2, 0) is 4.84 Å². The van der Waals surface area contributed by atoms with E-state index in [0.29, 0.717) is 11.3 Å². The Morgan fingerprint density at radius 2 is 1.76 bits per heavy atom. The summed E-state index contributed by atoms with van der Waals surface area (Å²) in [5, 5.41) is 1.85. The van der Waals surface area contributed by atoms with Gasteiger partial charge in [0, 0.05) is 7.05 Å². The quantitative estimate of drug-likeness (QED) is 0.712. The molecule has 1 aromatic carbocycles. The van der Waals surface area contributed by atoms with Crippen molar-refractivity contribution in [3.63, 3.8) is 0 Å². The van der Waals surface area contributed by atoms with Crippen molar-refractivity contribution < 1.29 is 4.84 Å². The van der Waals surface area contributed by atoms with E-state index in [1.807, 2.05) is 30.3 Å². The van der Waals surface area contributed by atoms with E-state index in [1.54, 1.807) is 0 Å². The highest BCUT2D eigenvalue weighted by Crippen LogP contribution is 2.24. The number of nitrogens with zero attached hydrogens (tertiary/aromatic N) is 1. The molecule has 17 heavy (non-hydrogen) atoms. The first-order chi connectivity index (χ1) is 7.88. The van der Waals surface area contributed by atoms with Crippen molar-refractivity contribution >= 4 is 5.69 Å². The first-order valence-corrected chi connectivity index (χ1v) is 6.30. The molecule has 0 radical (unpaired) electrons. The van der Waals surface area contributed by atoms with Crippen molar-refractivity contribution in [3.8, 4) is 0 Å². The van der Waals surface area contributed by atoms with E-state index in [2.05, 4.69) is 39.8 Å². The number of rotatable bonds is 5. The Balaban J connectivity index is 2.36. The maximum Gasteiger partial charge on any atom is 0.0774 e. The SMILES string of the molecule is CC(CON(C)c1ccccc1)CC(C)(C)C. The van der Waals surface area contributed by atoms with Gasteiger partial charge in [0.2, 0.25) is 0 Å².